The standard InChI is InChI=1S/C88H139N25O26/c1-43(2)68(84(135)97-40-66(122)100-60(42-115)82(133)101-52(27-18-20-30-89)76(127)98-47(9)74(125)103-54(73(94)124)33-50-23-14-12-15-24-50)109-81(132)58(37-64(93)120)107-87(138)72(48(10)116)112-83(134)61-29-22-32-113(61)88(139)71(46(7)8)111-80(131)55(34-51-25-16-13-17-26-51)104-78(129)57(36-63(92)119)106-79(130)56(35-62(91)118)105-77(128)53(28-19-21-31-90)102-85(136)70(45(5)6)110-86(137)69(44(3)4)108-67(123)39-95-65(121)38-96-75(126)59(41-114)99-49(11)117/h12-17,23-26,43-48,52-61,68-72,114-116H,18-22,27-42,89-90H2,1-11H3,(H2,91,118)(H2,92,119)(H2,93,120)(H2,94,124)(H,95,121)(H,96,126)(H,97,135)(H,98,127)(H,99,117)(H,100,122)(H,101,133)(H,102,136)(H,103,125)(H,104,129)(H,105,128)(H,106,130)(H,107,138)(H,108,123)(H,109,132)(H,110,137)(H,111,131)(H,112,134)/t47-,48+,52-,53-,54-,55-,56-,57-,58-,59-,60-,61-,68-,69-,70-,71-,72-/m0/s1. The van der Waals surface area contributed by atoms with E-state index in [0.717, 1.165) is 18.7 Å². The number of aliphatic hydroxyl groups is 3. The SMILES string of the molecule is CC(=O)N[C@@H](CO)C(=O)NCC(=O)NCC(=O)N[C@H](C(=O)N[C@H](C(=O)N[C@@H](CCCCN)C(=O)N[C@@H](CC(N)=O)C(=O)N[C@@H](CC(N)=O)C(=O)N[C@@H](Cc1ccccc1)C(=O)N[C@H](C(=O)N1CCC[C@H]1C(=O)N[C@H](C(=O)N[C@@H](CC(N)=O)C(=O)N[C@H](C(=O)NCC(=O)N[C@@H](CO)C(=O)N[C@@H](CCCCN)C(=O)N[C@@H](C)C(=O)N[C@@H](Cc1ccccc1)C(N)=O)C(C)C)[C@@H](C)O)C(C)C)C(C)C)C(C)C. The van der Waals surface area contributed by atoms with Crippen LogP contribution in [0.5, 0.6) is 0 Å². The van der Waals surface area contributed by atoms with Gasteiger partial charge in [-0.05, 0) is 113 Å². The van der Waals surface area contributed by atoms with Crippen LogP contribution >= 0.6 is 0 Å². The number of hydrogen-bond acceptors (Lipinski definition) is 28. The number of carbonyl (C=O) groups excluding carboxylic acids is 23. The molecule has 51 heteroatoms. The van der Waals surface area contributed by atoms with Gasteiger partial charge in [-0.3, -0.25) is 110 Å². The summed E-state index contributed by atoms with van der Waals surface area (Å²) in [6.07, 6.45) is -4.05. The van der Waals surface area contributed by atoms with E-state index in [1.54, 1.807) is 74.5 Å². The number of primary amides is 4. The summed E-state index contributed by atoms with van der Waals surface area (Å²) in [6.45, 7) is 11.7. The fraction of sp³-hybridized carbons (Fsp3) is 0.602. The molecular weight excluding hydrogens is 1820 g/mol. The minimum Gasteiger partial charge on any atom is -0.394 e. The van der Waals surface area contributed by atoms with Crippen LogP contribution in [0.4, 0.5) is 0 Å². The van der Waals surface area contributed by atoms with E-state index in [9.17, 15) is 126 Å². The Hall–Kier alpha value is -13.9. The highest BCUT2D eigenvalue weighted by Crippen LogP contribution is 2.23. The van der Waals surface area contributed by atoms with Gasteiger partial charge in [0.15, 0.2) is 0 Å². The van der Waals surface area contributed by atoms with Crippen LogP contribution in [-0.2, 0) is 123 Å². The van der Waals surface area contributed by atoms with Gasteiger partial charge in [0.1, 0.15) is 96.7 Å². The fourth-order valence-corrected chi connectivity index (χ4v) is 14.1. The summed E-state index contributed by atoms with van der Waals surface area (Å²) in [5.41, 5.74) is 34.8. The van der Waals surface area contributed by atoms with Gasteiger partial charge in [0.05, 0.1) is 58.2 Å². The van der Waals surface area contributed by atoms with Crippen molar-refractivity contribution in [2.75, 3.05) is 52.5 Å². The summed E-state index contributed by atoms with van der Waals surface area (Å²) in [5.74, 6) is -26.6. The van der Waals surface area contributed by atoms with Crippen molar-refractivity contribution in [1.29, 1.82) is 0 Å². The van der Waals surface area contributed by atoms with Crippen LogP contribution in [0.3, 0.4) is 0 Å². The molecule has 1 aliphatic heterocycles. The van der Waals surface area contributed by atoms with Gasteiger partial charge in [-0.15, -0.1) is 0 Å². The molecule has 2 aromatic carbocycles. The summed E-state index contributed by atoms with van der Waals surface area (Å²) in [6, 6.07) is -8.81. The number of likely N-dealkylation sites (tertiary alicyclic amines) is 1. The van der Waals surface area contributed by atoms with E-state index < -0.39 is 314 Å². The third-order valence-electron chi connectivity index (χ3n) is 21.8. The number of hydrogen-bond donors (Lipinski definition) is 27. The Kier molecular flexibility index (Phi) is 52.0. The zero-order chi connectivity index (χ0) is 105. The lowest BCUT2D eigenvalue weighted by Crippen LogP contribution is -2.62. The van der Waals surface area contributed by atoms with E-state index in [-0.39, 0.29) is 77.4 Å². The molecule has 139 heavy (non-hydrogen) atoms. The largest absolute Gasteiger partial charge is 0.394 e. The van der Waals surface area contributed by atoms with E-state index >= 15 is 0 Å². The molecule has 33 N–H and O–H groups in total. The van der Waals surface area contributed by atoms with Crippen LogP contribution in [-0.4, -0.2) is 311 Å². The molecule has 0 unspecified atom stereocenters. The van der Waals surface area contributed by atoms with E-state index in [4.69, 9.17) is 34.4 Å². The van der Waals surface area contributed by atoms with Gasteiger partial charge in [0, 0.05) is 26.3 Å². The monoisotopic (exact) mass is 1960 g/mol. The van der Waals surface area contributed by atoms with Crippen molar-refractivity contribution in [1.82, 2.24) is 101 Å². The predicted molar refractivity (Wildman–Crippen MR) is 496 cm³/mol. The molecule has 0 saturated carbocycles. The van der Waals surface area contributed by atoms with Crippen molar-refractivity contribution in [3.05, 3.63) is 71.8 Å². The summed E-state index contributed by atoms with van der Waals surface area (Å²) < 4.78 is 0. The first-order valence-electron chi connectivity index (χ1n) is 45.5. The number of aliphatic hydroxyl groups excluding tert-OH is 3. The predicted octanol–water partition coefficient (Wildman–Crippen LogP) is -11.5. The molecule has 2 aromatic rings. The van der Waals surface area contributed by atoms with Gasteiger partial charge in [-0.1, -0.05) is 116 Å². The van der Waals surface area contributed by atoms with Crippen molar-refractivity contribution >= 4 is 136 Å². The number of amides is 23. The molecule has 17 atom stereocenters. The number of carbonyl (C=O) groups is 23. The normalized spacial score (nSPS) is 15.7. The van der Waals surface area contributed by atoms with Crippen molar-refractivity contribution < 1.29 is 126 Å². The molecule has 0 spiro atoms. The van der Waals surface area contributed by atoms with Gasteiger partial charge >= 0.3 is 0 Å². The van der Waals surface area contributed by atoms with Crippen LogP contribution in [0.25, 0.3) is 0 Å². The van der Waals surface area contributed by atoms with Crippen molar-refractivity contribution in [3.8, 4) is 0 Å². The first kappa shape index (κ1) is 119. The van der Waals surface area contributed by atoms with Crippen LogP contribution in [0.1, 0.15) is 158 Å². The molecule has 772 valence electrons. The summed E-state index contributed by atoms with van der Waals surface area (Å²) in [4.78, 5) is 313. The summed E-state index contributed by atoms with van der Waals surface area (Å²) >= 11 is 0. The van der Waals surface area contributed by atoms with E-state index in [0.29, 0.717) is 17.5 Å². The van der Waals surface area contributed by atoms with Crippen LogP contribution in [0, 0.1) is 23.7 Å². The average molecular weight is 1960 g/mol. The Labute approximate surface area is 803 Å². The summed E-state index contributed by atoms with van der Waals surface area (Å²) in [5, 5.41) is 73.6. The molecule has 51 nitrogen and oxygen atoms in total. The Bertz CT molecular complexity index is 4590. The lowest BCUT2D eigenvalue weighted by atomic mass is 9.98. The second-order valence-electron chi connectivity index (χ2n) is 34.9. The number of rotatable bonds is 62. The Balaban J connectivity index is 1.82. The lowest BCUT2D eigenvalue weighted by molar-refractivity contribution is -0.144. The third-order valence-corrected chi connectivity index (χ3v) is 21.8. The number of nitrogens with zero attached hydrogens (tertiary/aromatic N) is 1. The molecule has 23 amide bonds. The van der Waals surface area contributed by atoms with Crippen molar-refractivity contribution in [3.63, 3.8) is 0 Å². The topological polar surface area (TPSA) is 829 Å². The molecule has 0 aliphatic carbocycles. The van der Waals surface area contributed by atoms with Crippen molar-refractivity contribution in [2.45, 2.75) is 262 Å². The Morgan fingerprint density at radius 1 is 0.353 bits per heavy atom. The first-order chi connectivity index (χ1) is 65.4. The van der Waals surface area contributed by atoms with Crippen LogP contribution in [0.15, 0.2) is 60.7 Å². The number of nitrogens with two attached hydrogens (primary N) is 6. The molecule has 1 saturated heterocycles. The second kappa shape index (κ2) is 60.6. The molecule has 1 aliphatic rings. The molecule has 1 fully saturated rings. The first-order valence-corrected chi connectivity index (χ1v) is 45.5. The minimum atomic E-state index is -2.01. The second-order valence-corrected chi connectivity index (χ2v) is 34.9. The zero-order valence-corrected chi connectivity index (χ0v) is 79.9. The third kappa shape index (κ3) is 42.3. The average Bonchev–Trinajstić information content (AvgIpc) is 1.76. The maximum Gasteiger partial charge on any atom is 0.246 e. The summed E-state index contributed by atoms with van der Waals surface area (Å²) in [7, 11) is 0. The minimum absolute atomic E-state index is 0.0356. The van der Waals surface area contributed by atoms with Gasteiger partial charge in [0.2, 0.25) is 136 Å². The molecular formula is C88H139N25O26. The van der Waals surface area contributed by atoms with Gasteiger partial charge in [0.25, 0.3) is 0 Å². The number of benzene rings is 2. The Morgan fingerprint density at radius 3 is 1.17 bits per heavy atom. The number of nitrogens with one attached hydrogen (secondary N) is 18. The van der Waals surface area contributed by atoms with Crippen molar-refractivity contribution in [2.24, 2.45) is 58.1 Å². The molecule has 0 bridgehead atoms. The molecule has 1 heterocycles. The highest BCUT2D eigenvalue weighted by atomic mass is 16.3. The van der Waals surface area contributed by atoms with E-state index in [1.165, 1.54) is 48.5 Å². The van der Waals surface area contributed by atoms with Gasteiger partial charge in [-0.25, -0.2) is 0 Å². The molecule has 0 aromatic heterocycles. The van der Waals surface area contributed by atoms with Crippen LogP contribution < -0.4 is 130 Å². The molecule has 0 radical (unpaired) electrons. The quantitative estimate of drug-likeness (QED) is 0.0274. The molecule has 3 rings (SSSR count). The highest BCUT2D eigenvalue weighted by molar-refractivity contribution is 6.03. The highest BCUT2D eigenvalue weighted by Gasteiger charge is 2.44. The Morgan fingerprint density at radius 2 is 0.705 bits per heavy atom. The van der Waals surface area contributed by atoms with E-state index in [1.807, 2.05) is 0 Å². The maximum absolute atomic E-state index is 14.9. The smallest absolute Gasteiger partial charge is 0.246 e. The lowest BCUT2D eigenvalue weighted by Gasteiger charge is -2.33. The number of unbranched alkanes of at least 4 members (excludes halogenated alkanes) is 2. The van der Waals surface area contributed by atoms with Crippen LogP contribution in [0.2, 0.25) is 0 Å². The zero-order valence-electron chi connectivity index (χ0n) is 79.9. The van der Waals surface area contributed by atoms with Gasteiger partial charge in [-0.2, -0.15) is 0 Å². The van der Waals surface area contributed by atoms with Gasteiger partial charge < -0.3 is 150 Å². The fourth-order valence-electron chi connectivity index (χ4n) is 14.1. The van der Waals surface area contributed by atoms with E-state index in [2.05, 4.69) is 95.7 Å². The maximum atomic E-state index is 14.9.